The van der Waals surface area contributed by atoms with Crippen LogP contribution >= 0.6 is 0 Å². The van der Waals surface area contributed by atoms with E-state index in [0.29, 0.717) is 17.7 Å². The normalized spacial score (nSPS) is 12.6. The van der Waals surface area contributed by atoms with E-state index in [1.807, 2.05) is 13.0 Å². The van der Waals surface area contributed by atoms with Crippen LogP contribution in [0.4, 0.5) is 11.6 Å². The van der Waals surface area contributed by atoms with E-state index < -0.39 is 0 Å². The zero-order valence-electron chi connectivity index (χ0n) is 11.8. The van der Waals surface area contributed by atoms with Crippen molar-refractivity contribution in [2.75, 3.05) is 10.7 Å². The van der Waals surface area contributed by atoms with Gasteiger partial charge in [-0.25, -0.2) is 15.8 Å². The maximum absolute atomic E-state index is 5.36. The quantitative estimate of drug-likeness (QED) is 0.513. The number of hydrogen-bond acceptors (Lipinski definition) is 5. The molecule has 102 valence electrons. The zero-order valence-corrected chi connectivity index (χ0v) is 11.8. The lowest BCUT2D eigenvalue weighted by Crippen LogP contribution is -2.17. The lowest BCUT2D eigenvalue weighted by Gasteiger charge is -2.15. The van der Waals surface area contributed by atoms with Gasteiger partial charge in [-0.2, -0.15) is 0 Å². The van der Waals surface area contributed by atoms with Crippen LogP contribution in [0.5, 0.6) is 0 Å². The van der Waals surface area contributed by atoms with Gasteiger partial charge in [0.1, 0.15) is 17.5 Å². The van der Waals surface area contributed by atoms with Crippen LogP contribution in [0.15, 0.2) is 6.07 Å². The zero-order chi connectivity index (χ0) is 13.5. The minimum absolute atomic E-state index is 0.406. The molecule has 0 saturated carbocycles. The molecule has 5 nitrogen and oxygen atoms in total. The molecule has 1 aromatic rings. The smallest absolute Gasteiger partial charge is 0.145 e. The van der Waals surface area contributed by atoms with Gasteiger partial charge in [0.05, 0.1) is 0 Å². The summed E-state index contributed by atoms with van der Waals surface area (Å²) in [6, 6.07) is 2.23. The second kappa shape index (κ2) is 7.16. The fourth-order valence-corrected chi connectivity index (χ4v) is 1.87. The van der Waals surface area contributed by atoms with Crippen LogP contribution in [-0.4, -0.2) is 16.0 Å². The first-order valence-electron chi connectivity index (χ1n) is 6.60. The van der Waals surface area contributed by atoms with Gasteiger partial charge >= 0.3 is 0 Å². The summed E-state index contributed by atoms with van der Waals surface area (Å²) in [4.78, 5) is 8.50. The Morgan fingerprint density at radius 1 is 1.17 bits per heavy atom. The highest BCUT2D eigenvalue weighted by Crippen LogP contribution is 2.14. The molecular formula is C13H25N5. The minimum Gasteiger partial charge on any atom is -0.367 e. The lowest BCUT2D eigenvalue weighted by atomic mass is 10.0. The molecule has 1 unspecified atom stereocenters. The SMILES string of the molecule is Cc1nc(NN)cc(NC(C)CCCC(C)C)n1. The second-order valence-corrected chi connectivity index (χ2v) is 5.20. The number of nitrogens with two attached hydrogens (primary N) is 1. The van der Waals surface area contributed by atoms with E-state index in [4.69, 9.17) is 5.84 Å². The van der Waals surface area contributed by atoms with Gasteiger partial charge in [-0.1, -0.05) is 26.7 Å². The summed E-state index contributed by atoms with van der Waals surface area (Å²) in [5.74, 6) is 8.31. The molecular weight excluding hydrogens is 226 g/mol. The highest BCUT2D eigenvalue weighted by atomic mass is 15.3. The van der Waals surface area contributed by atoms with E-state index in [-0.39, 0.29) is 0 Å². The summed E-state index contributed by atoms with van der Waals surface area (Å²) >= 11 is 0. The van der Waals surface area contributed by atoms with Crippen LogP contribution in [0.2, 0.25) is 0 Å². The number of nitrogens with zero attached hydrogens (tertiary/aromatic N) is 2. The third-order valence-electron chi connectivity index (χ3n) is 2.80. The van der Waals surface area contributed by atoms with E-state index in [1.165, 1.54) is 12.8 Å². The Morgan fingerprint density at radius 3 is 2.44 bits per heavy atom. The molecule has 0 aliphatic heterocycles. The molecule has 0 spiro atoms. The van der Waals surface area contributed by atoms with Crippen LogP contribution < -0.4 is 16.6 Å². The standard InChI is InChI=1S/C13H25N5/c1-9(2)6-5-7-10(3)15-12-8-13(18-14)17-11(4)16-12/h8-10H,5-7,14H2,1-4H3,(H2,15,16,17,18). The molecule has 1 aromatic heterocycles. The average Bonchev–Trinajstić information content (AvgIpc) is 2.27. The Morgan fingerprint density at radius 2 is 1.83 bits per heavy atom. The van der Waals surface area contributed by atoms with E-state index in [0.717, 1.165) is 18.2 Å². The third-order valence-corrected chi connectivity index (χ3v) is 2.80. The molecule has 5 heteroatoms. The average molecular weight is 251 g/mol. The summed E-state index contributed by atoms with van der Waals surface area (Å²) < 4.78 is 0. The van der Waals surface area contributed by atoms with Crippen LogP contribution in [0.1, 0.15) is 45.9 Å². The summed E-state index contributed by atoms with van der Waals surface area (Å²) in [6.45, 7) is 8.54. The van der Waals surface area contributed by atoms with Crippen LogP contribution in [0, 0.1) is 12.8 Å². The molecule has 18 heavy (non-hydrogen) atoms. The summed E-state index contributed by atoms with van der Waals surface area (Å²) in [6.07, 6.45) is 3.65. The van der Waals surface area contributed by atoms with Crippen molar-refractivity contribution in [2.45, 2.75) is 53.0 Å². The number of rotatable bonds is 7. The molecule has 0 aliphatic carbocycles. The first-order valence-corrected chi connectivity index (χ1v) is 6.60. The highest BCUT2D eigenvalue weighted by molar-refractivity contribution is 5.47. The Labute approximate surface area is 110 Å². The number of aromatic nitrogens is 2. The fraction of sp³-hybridized carbons (Fsp3) is 0.692. The first-order chi connectivity index (χ1) is 8.51. The molecule has 0 fully saturated rings. The van der Waals surface area contributed by atoms with Crippen molar-refractivity contribution in [3.05, 3.63) is 11.9 Å². The van der Waals surface area contributed by atoms with Crippen molar-refractivity contribution in [3.63, 3.8) is 0 Å². The topological polar surface area (TPSA) is 75.9 Å². The Bertz CT molecular complexity index is 364. The predicted octanol–water partition coefficient (Wildman–Crippen LogP) is 2.70. The maximum atomic E-state index is 5.36. The number of anilines is 2. The molecule has 1 heterocycles. The third kappa shape index (κ3) is 5.31. The Hall–Kier alpha value is -1.36. The van der Waals surface area contributed by atoms with Gasteiger partial charge in [-0.15, -0.1) is 0 Å². The Balaban J connectivity index is 2.48. The molecule has 4 N–H and O–H groups in total. The number of hydrogen-bond donors (Lipinski definition) is 3. The molecule has 0 aliphatic rings. The summed E-state index contributed by atoms with van der Waals surface area (Å²) in [7, 11) is 0. The molecule has 1 rings (SSSR count). The van der Waals surface area contributed by atoms with Crippen molar-refractivity contribution in [3.8, 4) is 0 Å². The predicted molar refractivity (Wildman–Crippen MR) is 76.4 cm³/mol. The van der Waals surface area contributed by atoms with Crippen molar-refractivity contribution in [1.29, 1.82) is 0 Å². The molecule has 0 amide bonds. The fourth-order valence-electron chi connectivity index (χ4n) is 1.87. The lowest BCUT2D eigenvalue weighted by molar-refractivity contribution is 0.520. The van der Waals surface area contributed by atoms with Gasteiger partial charge in [0, 0.05) is 12.1 Å². The van der Waals surface area contributed by atoms with E-state index in [2.05, 4.69) is 41.5 Å². The van der Waals surface area contributed by atoms with E-state index >= 15 is 0 Å². The van der Waals surface area contributed by atoms with Gasteiger partial charge in [-0.05, 0) is 26.2 Å². The van der Waals surface area contributed by atoms with Gasteiger partial charge < -0.3 is 10.7 Å². The molecule has 0 saturated heterocycles. The van der Waals surface area contributed by atoms with Gasteiger partial charge in [-0.3, -0.25) is 0 Å². The molecule has 0 radical (unpaired) electrons. The second-order valence-electron chi connectivity index (χ2n) is 5.20. The van der Waals surface area contributed by atoms with Crippen LogP contribution in [0.25, 0.3) is 0 Å². The summed E-state index contributed by atoms with van der Waals surface area (Å²) in [5, 5.41) is 3.38. The maximum Gasteiger partial charge on any atom is 0.145 e. The molecule has 1 atom stereocenters. The molecule has 0 aromatic carbocycles. The van der Waals surface area contributed by atoms with Crippen molar-refractivity contribution in [2.24, 2.45) is 11.8 Å². The largest absolute Gasteiger partial charge is 0.367 e. The first kappa shape index (κ1) is 14.7. The van der Waals surface area contributed by atoms with Gasteiger partial charge in [0.15, 0.2) is 0 Å². The van der Waals surface area contributed by atoms with Crippen LogP contribution in [0.3, 0.4) is 0 Å². The van der Waals surface area contributed by atoms with E-state index in [9.17, 15) is 0 Å². The summed E-state index contributed by atoms with van der Waals surface area (Å²) in [5.41, 5.74) is 2.55. The number of nitrogens with one attached hydrogen (secondary N) is 2. The monoisotopic (exact) mass is 251 g/mol. The Kier molecular flexibility index (Phi) is 5.85. The van der Waals surface area contributed by atoms with E-state index in [1.54, 1.807) is 0 Å². The van der Waals surface area contributed by atoms with Crippen molar-refractivity contribution in [1.82, 2.24) is 9.97 Å². The van der Waals surface area contributed by atoms with Gasteiger partial charge in [0.25, 0.3) is 0 Å². The number of hydrazine groups is 1. The number of nitrogen functional groups attached to an aromatic ring is 1. The minimum atomic E-state index is 0.406. The van der Waals surface area contributed by atoms with Crippen molar-refractivity contribution < 1.29 is 0 Å². The van der Waals surface area contributed by atoms with Crippen LogP contribution in [-0.2, 0) is 0 Å². The molecule has 0 bridgehead atoms. The highest BCUT2D eigenvalue weighted by Gasteiger charge is 2.06. The van der Waals surface area contributed by atoms with Crippen molar-refractivity contribution >= 4 is 11.6 Å². The number of aryl methyl sites for hydroxylation is 1. The van der Waals surface area contributed by atoms with Gasteiger partial charge in [0.2, 0.25) is 0 Å².